The lowest BCUT2D eigenvalue weighted by atomic mass is 10.1. The van der Waals surface area contributed by atoms with E-state index in [1.807, 2.05) is 50.6 Å². The number of methoxy groups -OCH3 is 1. The molecule has 0 bridgehead atoms. The molecule has 0 aliphatic heterocycles. The average Bonchev–Trinajstić information content (AvgIpc) is 2.94. The van der Waals surface area contributed by atoms with Gasteiger partial charge in [0.05, 0.1) is 18.7 Å². The smallest absolute Gasteiger partial charge is 0.192 e. The zero-order valence-electron chi connectivity index (χ0n) is 16.1. The predicted octanol–water partition coefficient (Wildman–Crippen LogP) is 2.40. The number of aryl methyl sites for hydroxylation is 1. The number of nitrogens with one attached hydrogen (secondary N) is 2. The lowest BCUT2D eigenvalue weighted by molar-refractivity contribution is 0.0268. The second-order valence-corrected chi connectivity index (χ2v) is 6.54. The maximum absolute atomic E-state index is 5.46. The molecule has 1 aromatic carbocycles. The summed E-state index contributed by atoms with van der Waals surface area (Å²) in [5.41, 5.74) is 0.875. The summed E-state index contributed by atoms with van der Waals surface area (Å²) in [6, 6.07) is 10.2. The number of aliphatic imine (C=N–C) groups is 1. The zero-order chi connectivity index (χ0) is 18.3. The van der Waals surface area contributed by atoms with E-state index in [-0.39, 0.29) is 29.6 Å². The molecule has 0 saturated heterocycles. The fourth-order valence-corrected chi connectivity index (χ4v) is 2.06. The van der Waals surface area contributed by atoms with Gasteiger partial charge in [-0.1, -0.05) is 30.3 Å². The Morgan fingerprint density at radius 3 is 2.46 bits per heavy atom. The van der Waals surface area contributed by atoms with Crippen LogP contribution >= 0.6 is 24.0 Å². The second-order valence-electron chi connectivity index (χ2n) is 6.54. The van der Waals surface area contributed by atoms with E-state index in [1.165, 1.54) is 0 Å². The Morgan fingerprint density at radius 2 is 1.88 bits per heavy atom. The lowest BCUT2D eigenvalue weighted by Crippen LogP contribution is -2.45. The normalized spacial score (nSPS) is 11.8. The molecule has 0 aliphatic carbocycles. The Labute approximate surface area is 172 Å². The topological polar surface area (TPSA) is 76.4 Å². The predicted molar refractivity (Wildman–Crippen MR) is 115 cm³/mol. The second kappa shape index (κ2) is 10.5. The Balaban J connectivity index is 0.00000338. The van der Waals surface area contributed by atoms with Gasteiger partial charge >= 0.3 is 0 Å². The van der Waals surface area contributed by atoms with Gasteiger partial charge in [-0.3, -0.25) is 0 Å². The minimum Gasteiger partial charge on any atom is -0.377 e. The van der Waals surface area contributed by atoms with Gasteiger partial charge in [0.25, 0.3) is 0 Å². The molecule has 8 heteroatoms. The van der Waals surface area contributed by atoms with Crippen molar-refractivity contribution < 1.29 is 4.74 Å². The first-order chi connectivity index (χ1) is 11.9. The number of hydrogen-bond donors (Lipinski definition) is 2. The van der Waals surface area contributed by atoms with E-state index >= 15 is 0 Å². The SMILES string of the molecule is COC(C)(C)CNC(=NCc1ccccc1)NCc1nnc(C)n1C.I. The van der Waals surface area contributed by atoms with Gasteiger partial charge in [0, 0.05) is 20.7 Å². The highest BCUT2D eigenvalue weighted by Crippen LogP contribution is 2.05. The van der Waals surface area contributed by atoms with Crippen molar-refractivity contribution >= 4 is 29.9 Å². The van der Waals surface area contributed by atoms with E-state index in [2.05, 4.69) is 38.0 Å². The van der Waals surface area contributed by atoms with Gasteiger partial charge in [0.2, 0.25) is 0 Å². The fraction of sp³-hybridized carbons (Fsp3) is 0.500. The van der Waals surface area contributed by atoms with Crippen molar-refractivity contribution in [2.24, 2.45) is 12.0 Å². The van der Waals surface area contributed by atoms with Gasteiger partial charge in [0.1, 0.15) is 5.82 Å². The number of guanidine groups is 1. The molecule has 7 nitrogen and oxygen atoms in total. The molecule has 2 rings (SSSR count). The van der Waals surface area contributed by atoms with E-state index in [0.29, 0.717) is 19.6 Å². The fourth-order valence-electron chi connectivity index (χ4n) is 2.06. The Hall–Kier alpha value is -1.68. The molecule has 0 spiro atoms. The molecule has 0 saturated carbocycles. The number of aromatic nitrogens is 3. The number of halogens is 1. The van der Waals surface area contributed by atoms with Crippen molar-refractivity contribution in [2.75, 3.05) is 13.7 Å². The molecule has 144 valence electrons. The minimum atomic E-state index is -0.281. The van der Waals surface area contributed by atoms with Crippen molar-refractivity contribution in [3.63, 3.8) is 0 Å². The van der Waals surface area contributed by atoms with E-state index in [1.54, 1.807) is 7.11 Å². The molecule has 1 aromatic heterocycles. The summed E-state index contributed by atoms with van der Waals surface area (Å²) < 4.78 is 7.42. The molecule has 2 aromatic rings. The number of benzene rings is 1. The maximum Gasteiger partial charge on any atom is 0.192 e. The standard InChI is InChI=1S/C18H28N6O.HI/c1-14-22-23-16(24(14)4)12-20-17(21-13-18(2,3)25-5)19-11-15-9-7-6-8-10-15;/h6-10H,11-13H2,1-5H3,(H2,19,20,21);1H. The highest BCUT2D eigenvalue weighted by Gasteiger charge is 2.17. The molecular weight excluding hydrogens is 443 g/mol. The molecule has 0 amide bonds. The summed E-state index contributed by atoms with van der Waals surface area (Å²) >= 11 is 0. The molecule has 1 heterocycles. The van der Waals surface area contributed by atoms with Gasteiger partial charge in [0.15, 0.2) is 11.8 Å². The largest absolute Gasteiger partial charge is 0.377 e. The van der Waals surface area contributed by atoms with Crippen LogP contribution in [0.5, 0.6) is 0 Å². The number of rotatable bonds is 7. The summed E-state index contributed by atoms with van der Waals surface area (Å²) in [5.74, 6) is 2.46. The summed E-state index contributed by atoms with van der Waals surface area (Å²) in [5, 5.41) is 14.9. The third-order valence-corrected chi connectivity index (χ3v) is 4.09. The molecule has 0 unspecified atom stereocenters. The first-order valence-electron chi connectivity index (χ1n) is 8.37. The number of ether oxygens (including phenoxy) is 1. The van der Waals surface area contributed by atoms with Gasteiger partial charge in [-0.2, -0.15) is 0 Å². The van der Waals surface area contributed by atoms with Crippen LogP contribution in [-0.4, -0.2) is 40.0 Å². The van der Waals surface area contributed by atoms with Crippen LogP contribution in [0.2, 0.25) is 0 Å². The van der Waals surface area contributed by atoms with Crippen molar-refractivity contribution in [2.45, 2.75) is 39.5 Å². The quantitative estimate of drug-likeness (QED) is 0.368. The summed E-state index contributed by atoms with van der Waals surface area (Å²) in [6.07, 6.45) is 0. The minimum absolute atomic E-state index is 0. The van der Waals surface area contributed by atoms with Crippen molar-refractivity contribution in [1.82, 2.24) is 25.4 Å². The van der Waals surface area contributed by atoms with Crippen LogP contribution in [0.25, 0.3) is 0 Å². The van der Waals surface area contributed by atoms with E-state index in [0.717, 1.165) is 23.2 Å². The van der Waals surface area contributed by atoms with Crippen LogP contribution < -0.4 is 10.6 Å². The van der Waals surface area contributed by atoms with E-state index in [4.69, 9.17) is 4.74 Å². The third kappa shape index (κ3) is 6.91. The highest BCUT2D eigenvalue weighted by atomic mass is 127. The van der Waals surface area contributed by atoms with Crippen LogP contribution in [-0.2, 0) is 24.9 Å². The van der Waals surface area contributed by atoms with Crippen molar-refractivity contribution in [1.29, 1.82) is 0 Å². The summed E-state index contributed by atoms with van der Waals surface area (Å²) in [4.78, 5) is 4.66. The molecule has 2 N–H and O–H groups in total. The van der Waals surface area contributed by atoms with Gasteiger partial charge in [-0.05, 0) is 26.3 Å². The van der Waals surface area contributed by atoms with Crippen molar-refractivity contribution in [3.8, 4) is 0 Å². The summed E-state index contributed by atoms with van der Waals surface area (Å²) in [6.45, 7) is 7.77. The monoisotopic (exact) mass is 472 g/mol. The Kier molecular flexibility index (Phi) is 9.00. The number of hydrogen-bond acceptors (Lipinski definition) is 4. The third-order valence-electron chi connectivity index (χ3n) is 4.09. The Morgan fingerprint density at radius 1 is 1.19 bits per heavy atom. The van der Waals surface area contributed by atoms with Gasteiger partial charge in [-0.25, -0.2) is 4.99 Å². The molecular formula is C18H29IN6O. The van der Waals surface area contributed by atoms with Gasteiger partial charge in [-0.15, -0.1) is 34.2 Å². The van der Waals surface area contributed by atoms with Crippen LogP contribution in [0.15, 0.2) is 35.3 Å². The van der Waals surface area contributed by atoms with Crippen LogP contribution in [0.4, 0.5) is 0 Å². The van der Waals surface area contributed by atoms with E-state index in [9.17, 15) is 0 Å². The highest BCUT2D eigenvalue weighted by molar-refractivity contribution is 14.0. The maximum atomic E-state index is 5.46. The lowest BCUT2D eigenvalue weighted by Gasteiger charge is -2.24. The molecule has 26 heavy (non-hydrogen) atoms. The van der Waals surface area contributed by atoms with Crippen LogP contribution in [0.3, 0.4) is 0 Å². The Bertz CT molecular complexity index is 699. The first kappa shape index (κ1) is 22.4. The van der Waals surface area contributed by atoms with Crippen LogP contribution in [0, 0.1) is 6.92 Å². The first-order valence-corrected chi connectivity index (χ1v) is 8.37. The number of nitrogens with zero attached hydrogens (tertiary/aromatic N) is 4. The average molecular weight is 472 g/mol. The van der Waals surface area contributed by atoms with E-state index < -0.39 is 0 Å². The molecule has 0 atom stereocenters. The van der Waals surface area contributed by atoms with Crippen molar-refractivity contribution in [3.05, 3.63) is 47.5 Å². The van der Waals surface area contributed by atoms with Crippen LogP contribution in [0.1, 0.15) is 31.1 Å². The zero-order valence-corrected chi connectivity index (χ0v) is 18.4. The molecule has 0 fully saturated rings. The summed E-state index contributed by atoms with van der Waals surface area (Å²) in [7, 11) is 3.66. The molecule has 0 aliphatic rings. The van der Waals surface area contributed by atoms with Gasteiger partial charge < -0.3 is 19.9 Å². The molecule has 0 radical (unpaired) electrons.